The fraction of sp³-hybridized carbons (Fsp3) is 0.0556. The van der Waals surface area contributed by atoms with E-state index < -0.39 is 0 Å². The minimum absolute atomic E-state index is 0.170. The second kappa shape index (κ2) is 5.90. The predicted octanol–water partition coefficient (Wildman–Crippen LogP) is 4.51. The standard InChI is InChI=1S/C18H13N3O2S/c1-11-19-18(23-21-11)16-15(8-9-24-16)20-17(22)14-7-6-12-4-2-3-5-13(12)10-14/h2-10H,1H3,(H,20,22). The first-order chi connectivity index (χ1) is 11.7. The van der Waals surface area contributed by atoms with Crippen LogP contribution in [0.5, 0.6) is 0 Å². The highest BCUT2D eigenvalue weighted by Gasteiger charge is 2.16. The van der Waals surface area contributed by atoms with E-state index in [9.17, 15) is 4.79 Å². The molecule has 0 bridgehead atoms. The number of carbonyl (C=O) groups excluding carboxylic acids is 1. The molecule has 118 valence electrons. The van der Waals surface area contributed by atoms with Gasteiger partial charge in [-0.05, 0) is 41.3 Å². The highest BCUT2D eigenvalue weighted by Crippen LogP contribution is 2.32. The van der Waals surface area contributed by atoms with Gasteiger partial charge in [-0.3, -0.25) is 4.79 Å². The van der Waals surface area contributed by atoms with Gasteiger partial charge in [-0.1, -0.05) is 35.5 Å². The number of hydrogen-bond acceptors (Lipinski definition) is 5. The number of hydrogen-bond donors (Lipinski definition) is 1. The minimum atomic E-state index is -0.170. The lowest BCUT2D eigenvalue weighted by Crippen LogP contribution is -2.11. The van der Waals surface area contributed by atoms with Gasteiger partial charge in [0, 0.05) is 5.56 Å². The van der Waals surface area contributed by atoms with Gasteiger partial charge in [0.05, 0.1) is 5.69 Å². The maximum atomic E-state index is 12.6. The number of fused-ring (bicyclic) bond motifs is 1. The number of nitrogens with one attached hydrogen (secondary N) is 1. The van der Waals surface area contributed by atoms with Crippen molar-refractivity contribution in [3.05, 3.63) is 65.3 Å². The molecule has 0 aliphatic heterocycles. The van der Waals surface area contributed by atoms with Crippen LogP contribution in [0.2, 0.25) is 0 Å². The summed E-state index contributed by atoms with van der Waals surface area (Å²) in [6.07, 6.45) is 0. The molecule has 2 aromatic heterocycles. The van der Waals surface area contributed by atoms with Crippen LogP contribution in [0.25, 0.3) is 21.5 Å². The zero-order valence-electron chi connectivity index (χ0n) is 12.8. The molecule has 5 nitrogen and oxygen atoms in total. The van der Waals surface area contributed by atoms with E-state index in [1.165, 1.54) is 11.3 Å². The topological polar surface area (TPSA) is 68.0 Å². The molecule has 2 heterocycles. The Bertz CT molecular complexity index is 1040. The van der Waals surface area contributed by atoms with Gasteiger partial charge in [-0.2, -0.15) is 4.98 Å². The molecular weight excluding hydrogens is 322 g/mol. The third kappa shape index (κ3) is 2.68. The number of nitrogens with zero attached hydrogens (tertiary/aromatic N) is 2. The van der Waals surface area contributed by atoms with Gasteiger partial charge in [0.15, 0.2) is 5.82 Å². The fourth-order valence-electron chi connectivity index (χ4n) is 2.49. The third-order valence-corrected chi connectivity index (χ3v) is 4.55. The number of amides is 1. The average molecular weight is 335 g/mol. The van der Waals surface area contributed by atoms with Crippen LogP contribution in [0.3, 0.4) is 0 Å². The van der Waals surface area contributed by atoms with Crippen molar-refractivity contribution >= 4 is 33.7 Å². The van der Waals surface area contributed by atoms with Crippen molar-refractivity contribution in [1.29, 1.82) is 0 Å². The number of anilines is 1. The van der Waals surface area contributed by atoms with E-state index in [1.54, 1.807) is 6.92 Å². The normalized spacial score (nSPS) is 10.9. The maximum absolute atomic E-state index is 12.6. The number of rotatable bonds is 3. The number of carbonyl (C=O) groups is 1. The molecule has 4 rings (SSSR count). The molecule has 6 heteroatoms. The summed E-state index contributed by atoms with van der Waals surface area (Å²) in [6, 6.07) is 15.4. The second-order valence-electron chi connectivity index (χ2n) is 5.33. The van der Waals surface area contributed by atoms with Crippen LogP contribution in [0.15, 0.2) is 58.4 Å². The van der Waals surface area contributed by atoms with E-state index in [0.717, 1.165) is 15.6 Å². The fourth-order valence-corrected chi connectivity index (χ4v) is 3.26. The van der Waals surface area contributed by atoms with Crippen molar-refractivity contribution < 1.29 is 9.32 Å². The molecule has 0 saturated carbocycles. The van der Waals surface area contributed by atoms with Gasteiger partial charge in [-0.25, -0.2) is 0 Å². The Hall–Kier alpha value is -2.99. The largest absolute Gasteiger partial charge is 0.333 e. The maximum Gasteiger partial charge on any atom is 0.270 e. The van der Waals surface area contributed by atoms with Crippen molar-refractivity contribution in [2.45, 2.75) is 6.92 Å². The van der Waals surface area contributed by atoms with Gasteiger partial charge >= 0.3 is 0 Å². The van der Waals surface area contributed by atoms with Crippen LogP contribution < -0.4 is 5.32 Å². The Morgan fingerprint density at radius 3 is 2.75 bits per heavy atom. The Morgan fingerprint density at radius 2 is 1.96 bits per heavy atom. The van der Waals surface area contributed by atoms with E-state index in [1.807, 2.05) is 53.9 Å². The highest BCUT2D eigenvalue weighted by atomic mass is 32.1. The van der Waals surface area contributed by atoms with Gasteiger partial charge in [0.1, 0.15) is 4.88 Å². The monoisotopic (exact) mass is 335 g/mol. The summed E-state index contributed by atoms with van der Waals surface area (Å²) in [5.41, 5.74) is 1.27. The molecule has 24 heavy (non-hydrogen) atoms. The smallest absolute Gasteiger partial charge is 0.270 e. The predicted molar refractivity (Wildman–Crippen MR) is 94.2 cm³/mol. The minimum Gasteiger partial charge on any atom is -0.333 e. The zero-order valence-corrected chi connectivity index (χ0v) is 13.6. The van der Waals surface area contributed by atoms with E-state index in [-0.39, 0.29) is 5.91 Å². The SMILES string of the molecule is Cc1noc(-c2sccc2NC(=O)c2ccc3ccccc3c2)n1. The van der Waals surface area contributed by atoms with Crippen molar-refractivity contribution in [3.63, 3.8) is 0 Å². The first-order valence-corrected chi connectivity index (χ1v) is 8.27. The summed E-state index contributed by atoms with van der Waals surface area (Å²) in [5.74, 6) is 0.804. The number of aromatic nitrogens is 2. The number of aryl methyl sites for hydroxylation is 1. The van der Waals surface area contributed by atoms with Crippen LogP contribution in [-0.2, 0) is 0 Å². The molecule has 0 unspecified atom stereocenters. The molecule has 1 N–H and O–H groups in total. The molecule has 0 fully saturated rings. The lowest BCUT2D eigenvalue weighted by atomic mass is 10.1. The average Bonchev–Trinajstić information content (AvgIpc) is 3.23. The summed E-state index contributed by atoms with van der Waals surface area (Å²) in [7, 11) is 0. The molecule has 2 aromatic carbocycles. The molecule has 0 atom stereocenters. The Morgan fingerprint density at radius 1 is 1.12 bits per heavy atom. The van der Waals surface area contributed by atoms with Crippen LogP contribution >= 0.6 is 11.3 Å². The van der Waals surface area contributed by atoms with Crippen LogP contribution in [0, 0.1) is 6.92 Å². The lowest BCUT2D eigenvalue weighted by Gasteiger charge is -2.06. The molecule has 1 amide bonds. The molecule has 0 saturated heterocycles. The van der Waals surface area contributed by atoms with Crippen molar-refractivity contribution in [2.75, 3.05) is 5.32 Å². The van der Waals surface area contributed by atoms with E-state index in [4.69, 9.17) is 4.52 Å². The zero-order chi connectivity index (χ0) is 16.5. The quantitative estimate of drug-likeness (QED) is 0.598. The first-order valence-electron chi connectivity index (χ1n) is 7.39. The summed E-state index contributed by atoms with van der Waals surface area (Å²) < 4.78 is 5.19. The second-order valence-corrected chi connectivity index (χ2v) is 6.24. The third-order valence-electron chi connectivity index (χ3n) is 3.65. The Labute approximate surface area is 141 Å². The molecule has 0 aliphatic carbocycles. The summed E-state index contributed by atoms with van der Waals surface area (Å²) in [5, 5.41) is 10.7. The summed E-state index contributed by atoms with van der Waals surface area (Å²) in [6.45, 7) is 1.76. The van der Waals surface area contributed by atoms with Gasteiger partial charge < -0.3 is 9.84 Å². The summed E-state index contributed by atoms with van der Waals surface area (Å²) >= 11 is 1.44. The van der Waals surface area contributed by atoms with Crippen LogP contribution in [0.1, 0.15) is 16.2 Å². The summed E-state index contributed by atoms with van der Waals surface area (Å²) in [4.78, 5) is 17.5. The molecule has 0 aliphatic rings. The molecular formula is C18H13N3O2S. The van der Waals surface area contributed by atoms with Gasteiger partial charge in [-0.15, -0.1) is 11.3 Å². The molecule has 0 radical (unpaired) electrons. The first kappa shape index (κ1) is 14.6. The van der Waals surface area contributed by atoms with Crippen molar-refractivity contribution in [2.24, 2.45) is 0 Å². The number of benzene rings is 2. The van der Waals surface area contributed by atoms with Crippen molar-refractivity contribution in [3.8, 4) is 10.8 Å². The van der Waals surface area contributed by atoms with E-state index in [2.05, 4.69) is 15.5 Å². The highest BCUT2D eigenvalue weighted by molar-refractivity contribution is 7.14. The van der Waals surface area contributed by atoms with E-state index in [0.29, 0.717) is 23.0 Å². The molecule has 0 spiro atoms. The Kier molecular flexibility index (Phi) is 3.59. The lowest BCUT2D eigenvalue weighted by molar-refractivity contribution is 0.102. The number of thiophene rings is 1. The van der Waals surface area contributed by atoms with Crippen LogP contribution in [-0.4, -0.2) is 16.0 Å². The van der Waals surface area contributed by atoms with E-state index >= 15 is 0 Å². The van der Waals surface area contributed by atoms with Gasteiger partial charge in [0.2, 0.25) is 0 Å². The van der Waals surface area contributed by atoms with Crippen molar-refractivity contribution in [1.82, 2.24) is 10.1 Å². The van der Waals surface area contributed by atoms with Gasteiger partial charge in [0.25, 0.3) is 11.8 Å². The Balaban J connectivity index is 1.63. The molecule has 4 aromatic rings. The van der Waals surface area contributed by atoms with Crippen LogP contribution in [0.4, 0.5) is 5.69 Å².